The van der Waals surface area contributed by atoms with Gasteiger partial charge in [0.05, 0.1) is 18.4 Å². The number of halogens is 3. The van der Waals surface area contributed by atoms with Gasteiger partial charge in [0.2, 0.25) is 5.88 Å². The number of anilines is 1. The first-order valence-corrected chi connectivity index (χ1v) is 13.0. The third-order valence-corrected chi connectivity index (χ3v) is 7.23. The van der Waals surface area contributed by atoms with E-state index in [0.717, 1.165) is 24.3 Å². The zero-order valence-corrected chi connectivity index (χ0v) is 21.4. The molecule has 0 aliphatic heterocycles. The normalized spacial score (nSPS) is 11.9. The number of fused-ring (bicyclic) bond motifs is 1. The smallest absolute Gasteiger partial charge is 0.416 e. The van der Waals surface area contributed by atoms with Crippen LogP contribution in [-0.4, -0.2) is 30.1 Å². The number of para-hydroxylation sites is 1. The van der Waals surface area contributed by atoms with Gasteiger partial charge in [-0.2, -0.15) is 22.8 Å². The van der Waals surface area contributed by atoms with E-state index in [1.165, 1.54) is 23.8 Å². The first kappa shape index (κ1) is 26.0. The van der Waals surface area contributed by atoms with Crippen LogP contribution in [0.25, 0.3) is 16.8 Å². The van der Waals surface area contributed by atoms with Gasteiger partial charge in [-0.1, -0.05) is 24.3 Å². The zero-order chi connectivity index (χ0) is 27.8. The summed E-state index contributed by atoms with van der Waals surface area (Å²) in [5, 5.41) is 4.56. The molecule has 0 aliphatic rings. The van der Waals surface area contributed by atoms with Gasteiger partial charge in [-0.3, -0.25) is 4.72 Å². The van der Waals surface area contributed by atoms with Gasteiger partial charge in [-0.25, -0.2) is 13.4 Å². The molecule has 2 heterocycles. The Morgan fingerprint density at radius 1 is 0.949 bits per heavy atom. The van der Waals surface area contributed by atoms with Gasteiger partial charge in [0, 0.05) is 23.5 Å². The Hall–Kier alpha value is -4.58. The lowest BCUT2D eigenvalue weighted by molar-refractivity contribution is -0.137. The van der Waals surface area contributed by atoms with Crippen molar-refractivity contribution >= 4 is 21.4 Å². The van der Waals surface area contributed by atoms with Crippen molar-refractivity contribution in [1.82, 2.24) is 14.6 Å². The van der Waals surface area contributed by atoms with Crippen molar-refractivity contribution in [2.45, 2.75) is 18.0 Å². The molecule has 0 amide bonds. The summed E-state index contributed by atoms with van der Waals surface area (Å²) in [6.07, 6.45) is -2.98. The molecule has 8 nitrogen and oxygen atoms in total. The van der Waals surface area contributed by atoms with Gasteiger partial charge >= 0.3 is 6.18 Å². The van der Waals surface area contributed by atoms with Crippen LogP contribution in [0.3, 0.4) is 0 Å². The van der Waals surface area contributed by atoms with E-state index >= 15 is 0 Å². The Morgan fingerprint density at radius 3 is 2.33 bits per heavy atom. The second kappa shape index (κ2) is 9.95. The first-order chi connectivity index (χ1) is 18.6. The highest BCUT2D eigenvalue weighted by molar-refractivity contribution is 7.92. The highest BCUT2D eigenvalue weighted by Crippen LogP contribution is 2.36. The highest BCUT2D eigenvalue weighted by Gasteiger charge is 2.30. The molecule has 0 saturated carbocycles. The van der Waals surface area contributed by atoms with E-state index in [9.17, 15) is 21.6 Å². The predicted octanol–water partition coefficient (Wildman–Crippen LogP) is 6.33. The van der Waals surface area contributed by atoms with Crippen molar-refractivity contribution in [3.63, 3.8) is 0 Å². The average Bonchev–Trinajstić information content (AvgIpc) is 3.25. The third-order valence-electron chi connectivity index (χ3n) is 5.83. The molecule has 200 valence electrons. The number of aromatic nitrogens is 3. The summed E-state index contributed by atoms with van der Waals surface area (Å²) in [4.78, 5) is 4.23. The highest BCUT2D eigenvalue weighted by atomic mass is 32.2. The molecule has 0 radical (unpaired) electrons. The van der Waals surface area contributed by atoms with E-state index in [1.54, 1.807) is 37.4 Å². The second-order valence-electron chi connectivity index (χ2n) is 8.44. The van der Waals surface area contributed by atoms with Crippen molar-refractivity contribution < 1.29 is 31.1 Å². The minimum absolute atomic E-state index is 0.0352. The molecule has 2 aromatic heterocycles. The Labute approximate surface area is 221 Å². The maximum absolute atomic E-state index is 13.3. The number of rotatable bonds is 7. The summed E-state index contributed by atoms with van der Waals surface area (Å²) in [6, 6.07) is 19.1. The van der Waals surface area contributed by atoms with Crippen LogP contribution in [0.1, 0.15) is 11.3 Å². The van der Waals surface area contributed by atoms with Crippen molar-refractivity contribution in [3.05, 3.63) is 96.3 Å². The number of nitrogens with one attached hydrogen (secondary N) is 1. The third kappa shape index (κ3) is 5.23. The Morgan fingerprint density at radius 2 is 1.67 bits per heavy atom. The van der Waals surface area contributed by atoms with Crippen molar-refractivity contribution in [1.29, 1.82) is 0 Å². The second-order valence-corrected chi connectivity index (χ2v) is 10.1. The van der Waals surface area contributed by atoms with Gasteiger partial charge in [-0.15, -0.1) is 0 Å². The monoisotopic (exact) mass is 554 g/mol. The molecule has 0 aliphatic carbocycles. The van der Waals surface area contributed by atoms with Gasteiger partial charge in [0.15, 0.2) is 5.65 Å². The summed E-state index contributed by atoms with van der Waals surface area (Å²) in [7, 11) is -2.94. The fraction of sp³-hybridized carbons (Fsp3) is 0.111. The van der Waals surface area contributed by atoms with E-state index in [2.05, 4.69) is 14.8 Å². The van der Waals surface area contributed by atoms with E-state index in [4.69, 9.17) is 9.47 Å². The fourth-order valence-corrected chi connectivity index (χ4v) is 5.29. The van der Waals surface area contributed by atoms with E-state index in [1.807, 2.05) is 18.2 Å². The minimum Gasteiger partial charge on any atom is -0.495 e. The van der Waals surface area contributed by atoms with Crippen LogP contribution in [0.15, 0.2) is 90.0 Å². The molecule has 0 spiro atoms. The van der Waals surface area contributed by atoms with Crippen LogP contribution < -0.4 is 14.2 Å². The maximum Gasteiger partial charge on any atom is 0.416 e. The Bertz CT molecular complexity index is 1750. The number of hydrogen-bond donors (Lipinski definition) is 1. The number of hydrogen-bond acceptors (Lipinski definition) is 6. The standard InChI is InChI=1S/C27H21F3N4O4S/c1-17-25(26-31-15-14-24(34(26)32-17)38-21-6-4-3-5-7-21)18-8-13-22(37-2)23(16-18)39(35,36)33-20-11-9-19(10-12-20)27(28,29)30/h3-16,33H,1-2H3. The van der Waals surface area contributed by atoms with Gasteiger partial charge in [0.1, 0.15) is 16.4 Å². The average molecular weight is 555 g/mol. The van der Waals surface area contributed by atoms with E-state index in [-0.39, 0.29) is 16.3 Å². The Balaban J connectivity index is 1.54. The lowest BCUT2D eigenvalue weighted by Gasteiger charge is -2.14. The van der Waals surface area contributed by atoms with Crippen LogP contribution >= 0.6 is 0 Å². The molecule has 1 N–H and O–H groups in total. The largest absolute Gasteiger partial charge is 0.495 e. The topological polar surface area (TPSA) is 94.8 Å². The molecule has 0 saturated heterocycles. The number of methoxy groups -OCH3 is 1. The molecule has 0 atom stereocenters. The number of alkyl halides is 3. The molecular weight excluding hydrogens is 533 g/mol. The van der Waals surface area contributed by atoms with Gasteiger partial charge in [0.25, 0.3) is 10.0 Å². The summed E-state index contributed by atoms with van der Waals surface area (Å²) in [6.45, 7) is 1.76. The van der Waals surface area contributed by atoms with Gasteiger partial charge < -0.3 is 9.47 Å². The summed E-state index contributed by atoms with van der Waals surface area (Å²) >= 11 is 0. The first-order valence-electron chi connectivity index (χ1n) is 11.5. The van der Waals surface area contributed by atoms with Crippen molar-refractivity contribution in [2.24, 2.45) is 0 Å². The molecular formula is C27H21F3N4O4S. The van der Waals surface area contributed by atoms with Crippen LogP contribution in [0.2, 0.25) is 0 Å². The quantitative estimate of drug-likeness (QED) is 0.253. The predicted molar refractivity (Wildman–Crippen MR) is 138 cm³/mol. The number of aryl methyl sites for hydroxylation is 1. The molecule has 5 aromatic rings. The molecule has 5 rings (SSSR count). The number of sulfonamides is 1. The SMILES string of the molecule is COc1ccc(-c2c(C)nn3c(Oc4ccccc4)ccnc23)cc1S(=O)(=O)Nc1ccc(C(F)(F)F)cc1. The molecule has 0 bridgehead atoms. The zero-order valence-electron chi connectivity index (χ0n) is 20.6. The van der Waals surface area contributed by atoms with Crippen LogP contribution in [0.5, 0.6) is 17.4 Å². The van der Waals surface area contributed by atoms with Gasteiger partial charge in [-0.05, 0) is 61.0 Å². The van der Waals surface area contributed by atoms with Crippen LogP contribution in [0.4, 0.5) is 18.9 Å². The summed E-state index contributed by atoms with van der Waals surface area (Å²) in [5.41, 5.74) is 1.13. The fourth-order valence-electron chi connectivity index (χ4n) is 4.03. The number of benzene rings is 3. The van der Waals surface area contributed by atoms with Crippen molar-refractivity contribution in [3.8, 4) is 28.5 Å². The molecule has 3 aromatic carbocycles. The molecule has 12 heteroatoms. The number of nitrogens with zero attached hydrogens (tertiary/aromatic N) is 3. The molecule has 0 unspecified atom stereocenters. The number of ether oxygens (including phenoxy) is 2. The van der Waals surface area contributed by atoms with E-state index in [0.29, 0.717) is 34.1 Å². The van der Waals surface area contributed by atoms with Crippen LogP contribution in [0, 0.1) is 6.92 Å². The summed E-state index contributed by atoms with van der Waals surface area (Å²) in [5.74, 6) is 1.06. The summed E-state index contributed by atoms with van der Waals surface area (Å²) < 4.78 is 80.4. The molecule has 39 heavy (non-hydrogen) atoms. The van der Waals surface area contributed by atoms with Crippen molar-refractivity contribution in [2.75, 3.05) is 11.8 Å². The lowest BCUT2D eigenvalue weighted by Crippen LogP contribution is -2.14. The Kier molecular flexibility index (Phi) is 6.64. The lowest BCUT2D eigenvalue weighted by atomic mass is 10.1. The van der Waals surface area contributed by atoms with E-state index < -0.39 is 21.8 Å². The molecule has 0 fully saturated rings. The minimum atomic E-state index is -4.54. The maximum atomic E-state index is 13.3. The van der Waals surface area contributed by atoms with Crippen LogP contribution in [-0.2, 0) is 16.2 Å².